The standard InChI is InChI=1S/C14H26N6/c1-11(20-9-7-5-4-6-8-10-20)12-16-13(15)18-14(17-12)19(2)3/h11H,4-10H2,1-3H3,(H2,15,16,17,18)/t11-/m1/s1. The summed E-state index contributed by atoms with van der Waals surface area (Å²) >= 11 is 0. The molecule has 1 saturated heterocycles. The third kappa shape index (κ3) is 3.79. The average Bonchev–Trinajstić information content (AvgIpc) is 2.37. The lowest BCUT2D eigenvalue weighted by atomic mass is 10.1. The molecule has 0 spiro atoms. The Kier molecular flexibility index (Phi) is 5.11. The van der Waals surface area contributed by atoms with E-state index in [2.05, 4.69) is 26.8 Å². The number of aromatic nitrogens is 3. The minimum Gasteiger partial charge on any atom is -0.368 e. The quantitative estimate of drug-likeness (QED) is 0.909. The first-order valence-electron chi connectivity index (χ1n) is 7.51. The van der Waals surface area contributed by atoms with Crippen LogP contribution in [0.15, 0.2) is 0 Å². The second kappa shape index (κ2) is 6.83. The molecular weight excluding hydrogens is 252 g/mol. The van der Waals surface area contributed by atoms with Crippen LogP contribution in [0, 0.1) is 0 Å². The molecule has 0 radical (unpaired) electrons. The summed E-state index contributed by atoms with van der Waals surface area (Å²) < 4.78 is 0. The number of likely N-dealkylation sites (tertiary alicyclic amines) is 1. The monoisotopic (exact) mass is 278 g/mol. The number of nitrogens with zero attached hydrogens (tertiary/aromatic N) is 5. The number of hydrogen-bond donors (Lipinski definition) is 1. The van der Waals surface area contributed by atoms with Crippen molar-refractivity contribution in [3.63, 3.8) is 0 Å². The average molecular weight is 278 g/mol. The Morgan fingerprint density at radius 3 is 2.20 bits per heavy atom. The fraction of sp³-hybridized carbons (Fsp3) is 0.786. The lowest BCUT2D eigenvalue weighted by Gasteiger charge is -2.29. The number of nitrogens with two attached hydrogens (primary N) is 1. The van der Waals surface area contributed by atoms with Gasteiger partial charge in [0.2, 0.25) is 11.9 Å². The molecule has 0 aromatic carbocycles. The first-order valence-corrected chi connectivity index (χ1v) is 7.51. The highest BCUT2D eigenvalue weighted by Crippen LogP contribution is 2.22. The van der Waals surface area contributed by atoms with E-state index >= 15 is 0 Å². The van der Waals surface area contributed by atoms with Crippen LogP contribution in [0.25, 0.3) is 0 Å². The molecule has 6 heteroatoms. The van der Waals surface area contributed by atoms with Crippen molar-refractivity contribution in [2.45, 2.75) is 45.1 Å². The zero-order valence-electron chi connectivity index (χ0n) is 12.8. The van der Waals surface area contributed by atoms with Crippen LogP contribution in [0.5, 0.6) is 0 Å². The molecule has 112 valence electrons. The Hall–Kier alpha value is -1.43. The van der Waals surface area contributed by atoms with Crippen molar-refractivity contribution in [1.82, 2.24) is 19.9 Å². The van der Waals surface area contributed by atoms with Crippen molar-refractivity contribution in [3.8, 4) is 0 Å². The van der Waals surface area contributed by atoms with Gasteiger partial charge in [-0.1, -0.05) is 19.3 Å². The summed E-state index contributed by atoms with van der Waals surface area (Å²) in [7, 11) is 3.83. The van der Waals surface area contributed by atoms with Gasteiger partial charge >= 0.3 is 0 Å². The van der Waals surface area contributed by atoms with Crippen LogP contribution in [-0.2, 0) is 0 Å². The van der Waals surface area contributed by atoms with Crippen molar-refractivity contribution < 1.29 is 0 Å². The second-order valence-corrected chi connectivity index (χ2v) is 5.73. The maximum absolute atomic E-state index is 5.81. The summed E-state index contributed by atoms with van der Waals surface area (Å²) in [6, 6.07) is 0.192. The first kappa shape index (κ1) is 15.0. The zero-order chi connectivity index (χ0) is 14.5. The Morgan fingerprint density at radius 1 is 1.00 bits per heavy atom. The molecule has 2 N–H and O–H groups in total. The van der Waals surface area contributed by atoms with E-state index in [1.54, 1.807) is 0 Å². The highest BCUT2D eigenvalue weighted by molar-refractivity contribution is 5.33. The molecule has 0 saturated carbocycles. The van der Waals surface area contributed by atoms with Crippen LogP contribution >= 0.6 is 0 Å². The van der Waals surface area contributed by atoms with Gasteiger partial charge in [0.05, 0.1) is 6.04 Å². The number of anilines is 2. The molecule has 1 aromatic rings. The van der Waals surface area contributed by atoms with Crippen molar-refractivity contribution >= 4 is 11.9 Å². The fourth-order valence-corrected chi connectivity index (χ4v) is 2.61. The normalized spacial score (nSPS) is 19.1. The molecule has 1 aromatic heterocycles. The molecule has 1 aliphatic rings. The van der Waals surface area contributed by atoms with Crippen molar-refractivity contribution in [2.24, 2.45) is 0 Å². The fourth-order valence-electron chi connectivity index (χ4n) is 2.61. The molecule has 1 fully saturated rings. The van der Waals surface area contributed by atoms with Crippen LogP contribution in [0.1, 0.15) is 50.9 Å². The van der Waals surface area contributed by atoms with Crippen LogP contribution in [0.4, 0.5) is 11.9 Å². The Bertz CT molecular complexity index is 426. The predicted molar refractivity (Wildman–Crippen MR) is 81.6 cm³/mol. The van der Waals surface area contributed by atoms with E-state index < -0.39 is 0 Å². The highest BCUT2D eigenvalue weighted by Gasteiger charge is 2.20. The smallest absolute Gasteiger partial charge is 0.229 e. The van der Waals surface area contributed by atoms with Gasteiger partial charge in [-0.15, -0.1) is 0 Å². The predicted octanol–water partition coefficient (Wildman–Crippen LogP) is 1.85. The highest BCUT2D eigenvalue weighted by atomic mass is 15.3. The van der Waals surface area contributed by atoms with Gasteiger partial charge in [-0.05, 0) is 32.9 Å². The van der Waals surface area contributed by atoms with Gasteiger partial charge in [-0.25, -0.2) is 0 Å². The lowest BCUT2D eigenvalue weighted by molar-refractivity contribution is 0.185. The van der Waals surface area contributed by atoms with Crippen LogP contribution in [-0.4, -0.2) is 47.0 Å². The van der Waals surface area contributed by atoms with E-state index in [1.807, 2.05) is 19.0 Å². The molecule has 0 bridgehead atoms. The van der Waals surface area contributed by atoms with Crippen LogP contribution in [0.2, 0.25) is 0 Å². The van der Waals surface area contributed by atoms with Gasteiger partial charge in [0.1, 0.15) is 0 Å². The van der Waals surface area contributed by atoms with Crippen molar-refractivity contribution in [1.29, 1.82) is 0 Å². The Morgan fingerprint density at radius 2 is 1.60 bits per heavy atom. The molecule has 20 heavy (non-hydrogen) atoms. The number of hydrogen-bond acceptors (Lipinski definition) is 6. The maximum Gasteiger partial charge on any atom is 0.229 e. The summed E-state index contributed by atoms with van der Waals surface area (Å²) in [4.78, 5) is 17.4. The Balaban J connectivity index is 2.16. The SMILES string of the molecule is C[C@H](c1nc(N)nc(N(C)C)n1)N1CCCCCCC1. The molecule has 6 nitrogen and oxygen atoms in total. The third-order valence-corrected chi connectivity index (χ3v) is 3.87. The van der Waals surface area contributed by atoms with E-state index in [1.165, 1.54) is 32.1 Å². The summed E-state index contributed by atoms with van der Waals surface area (Å²) in [5.74, 6) is 1.71. The first-order chi connectivity index (χ1) is 9.58. The minimum atomic E-state index is 0.192. The maximum atomic E-state index is 5.81. The molecule has 0 aliphatic carbocycles. The molecular formula is C14H26N6. The lowest BCUT2D eigenvalue weighted by Crippen LogP contribution is -2.32. The second-order valence-electron chi connectivity index (χ2n) is 5.73. The topological polar surface area (TPSA) is 71.2 Å². The van der Waals surface area contributed by atoms with Gasteiger partial charge in [-0.3, -0.25) is 4.90 Å². The van der Waals surface area contributed by atoms with E-state index in [9.17, 15) is 0 Å². The van der Waals surface area contributed by atoms with Gasteiger partial charge in [0.15, 0.2) is 5.82 Å². The van der Waals surface area contributed by atoms with Gasteiger partial charge in [-0.2, -0.15) is 15.0 Å². The van der Waals surface area contributed by atoms with E-state index in [-0.39, 0.29) is 6.04 Å². The van der Waals surface area contributed by atoms with Crippen molar-refractivity contribution in [2.75, 3.05) is 37.8 Å². The van der Waals surface area contributed by atoms with E-state index in [0.29, 0.717) is 11.9 Å². The van der Waals surface area contributed by atoms with Gasteiger partial charge in [0, 0.05) is 14.1 Å². The van der Waals surface area contributed by atoms with Gasteiger partial charge in [0.25, 0.3) is 0 Å². The summed E-state index contributed by atoms with van der Waals surface area (Å²) in [5.41, 5.74) is 5.81. The molecule has 2 heterocycles. The summed E-state index contributed by atoms with van der Waals surface area (Å²) in [6.45, 7) is 4.39. The van der Waals surface area contributed by atoms with E-state index in [0.717, 1.165) is 18.9 Å². The molecule has 0 amide bonds. The molecule has 1 aliphatic heterocycles. The van der Waals surface area contributed by atoms with Crippen molar-refractivity contribution in [3.05, 3.63) is 5.82 Å². The van der Waals surface area contributed by atoms with Crippen LogP contribution < -0.4 is 10.6 Å². The van der Waals surface area contributed by atoms with E-state index in [4.69, 9.17) is 5.73 Å². The Labute approximate surface area is 121 Å². The zero-order valence-corrected chi connectivity index (χ0v) is 12.8. The summed E-state index contributed by atoms with van der Waals surface area (Å²) in [6.07, 6.45) is 6.53. The molecule has 0 unspecified atom stereocenters. The number of nitrogen functional groups attached to an aromatic ring is 1. The largest absolute Gasteiger partial charge is 0.368 e. The third-order valence-electron chi connectivity index (χ3n) is 3.87. The molecule has 2 rings (SSSR count). The van der Waals surface area contributed by atoms with Gasteiger partial charge < -0.3 is 10.6 Å². The summed E-state index contributed by atoms with van der Waals surface area (Å²) in [5, 5.41) is 0. The molecule has 1 atom stereocenters. The van der Waals surface area contributed by atoms with Crippen LogP contribution in [0.3, 0.4) is 0 Å². The minimum absolute atomic E-state index is 0.192. The number of rotatable bonds is 3.